The fourth-order valence-corrected chi connectivity index (χ4v) is 2.72. The first-order valence-corrected chi connectivity index (χ1v) is 5.58. The van der Waals surface area contributed by atoms with Gasteiger partial charge in [-0.15, -0.1) is 0 Å². The number of nitrogens with two attached hydrogens (primary N) is 1. The third-order valence-electron chi connectivity index (χ3n) is 2.47. The van der Waals surface area contributed by atoms with Gasteiger partial charge in [-0.3, -0.25) is 0 Å². The molecule has 10 heavy (non-hydrogen) atoms. The maximum absolute atomic E-state index is 5.95. The van der Waals surface area contributed by atoms with Gasteiger partial charge in [0.05, 0.1) is 0 Å². The molecule has 60 valence electrons. The van der Waals surface area contributed by atoms with Crippen molar-refractivity contribution in [2.24, 2.45) is 17.6 Å². The highest BCUT2D eigenvalue weighted by atomic mass is 127. The Morgan fingerprint density at radius 1 is 1.50 bits per heavy atom. The molecule has 0 heterocycles. The minimum atomic E-state index is 0.504. The normalized spacial score (nSPS) is 40.5. The minimum Gasteiger partial charge on any atom is -0.327 e. The molecule has 0 aromatic carbocycles. The van der Waals surface area contributed by atoms with Crippen molar-refractivity contribution >= 4 is 22.6 Å². The van der Waals surface area contributed by atoms with E-state index in [-0.39, 0.29) is 0 Å². The third kappa shape index (κ3) is 2.09. The standard InChI is InChI=1S/C8H16IN/c1-6-4-7(2-3-9)8(10)5-6/h6-8H,2-5,10H2,1H3. The summed E-state index contributed by atoms with van der Waals surface area (Å²) in [5.41, 5.74) is 5.95. The predicted molar refractivity (Wildman–Crippen MR) is 53.4 cm³/mol. The third-order valence-corrected chi connectivity index (χ3v) is 3.09. The zero-order valence-electron chi connectivity index (χ0n) is 6.52. The van der Waals surface area contributed by atoms with Crippen molar-refractivity contribution in [2.75, 3.05) is 4.43 Å². The van der Waals surface area contributed by atoms with Gasteiger partial charge in [-0.1, -0.05) is 29.5 Å². The van der Waals surface area contributed by atoms with Crippen LogP contribution in [0.15, 0.2) is 0 Å². The molecule has 1 aliphatic carbocycles. The summed E-state index contributed by atoms with van der Waals surface area (Å²) in [6.07, 6.45) is 3.94. The lowest BCUT2D eigenvalue weighted by Gasteiger charge is -2.12. The Balaban J connectivity index is 2.31. The number of halogens is 1. The van der Waals surface area contributed by atoms with Crippen LogP contribution in [-0.4, -0.2) is 10.5 Å². The van der Waals surface area contributed by atoms with Crippen LogP contribution >= 0.6 is 22.6 Å². The second kappa shape index (κ2) is 3.90. The van der Waals surface area contributed by atoms with E-state index in [0.29, 0.717) is 6.04 Å². The van der Waals surface area contributed by atoms with E-state index in [4.69, 9.17) is 5.73 Å². The summed E-state index contributed by atoms with van der Waals surface area (Å²) in [4.78, 5) is 0. The molecule has 2 N–H and O–H groups in total. The number of hydrogen-bond donors (Lipinski definition) is 1. The van der Waals surface area contributed by atoms with Crippen LogP contribution in [0.2, 0.25) is 0 Å². The van der Waals surface area contributed by atoms with Crippen molar-refractivity contribution in [1.82, 2.24) is 0 Å². The van der Waals surface area contributed by atoms with Crippen LogP contribution in [0.1, 0.15) is 26.2 Å². The summed E-state index contributed by atoms with van der Waals surface area (Å²) in [5, 5.41) is 0. The number of rotatable bonds is 2. The fourth-order valence-electron chi connectivity index (χ4n) is 1.92. The summed E-state index contributed by atoms with van der Waals surface area (Å²) < 4.78 is 1.27. The second-order valence-electron chi connectivity index (χ2n) is 3.48. The second-order valence-corrected chi connectivity index (χ2v) is 4.56. The van der Waals surface area contributed by atoms with E-state index in [9.17, 15) is 0 Å². The minimum absolute atomic E-state index is 0.504. The molecule has 0 saturated heterocycles. The smallest absolute Gasteiger partial charge is 0.00700 e. The molecule has 3 atom stereocenters. The van der Waals surface area contributed by atoms with Crippen molar-refractivity contribution in [2.45, 2.75) is 32.2 Å². The van der Waals surface area contributed by atoms with Gasteiger partial charge >= 0.3 is 0 Å². The zero-order valence-corrected chi connectivity index (χ0v) is 8.67. The average Bonchev–Trinajstić information content (AvgIpc) is 2.13. The van der Waals surface area contributed by atoms with Crippen LogP contribution in [0.3, 0.4) is 0 Å². The summed E-state index contributed by atoms with van der Waals surface area (Å²) >= 11 is 2.44. The van der Waals surface area contributed by atoms with Gasteiger partial charge in [-0.25, -0.2) is 0 Å². The van der Waals surface area contributed by atoms with Gasteiger partial charge in [0.25, 0.3) is 0 Å². The van der Waals surface area contributed by atoms with E-state index in [0.717, 1.165) is 11.8 Å². The monoisotopic (exact) mass is 253 g/mol. The van der Waals surface area contributed by atoms with Crippen LogP contribution in [0, 0.1) is 11.8 Å². The molecule has 1 nitrogen and oxygen atoms in total. The van der Waals surface area contributed by atoms with Gasteiger partial charge in [0.15, 0.2) is 0 Å². The Kier molecular flexibility index (Phi) is 3.43. The van der Waals surface area contributed by atoms with Gasteiger partial charge in [0.1, 0.15) is 0 Å². The topological polar surface area (TPSA) is 26.0 Å². The van der Waals surface area contributed by atoms with E-state index in [1.54, 1.807) is 0 Å². The Hall–Kier alpha value is 0.690. The molecular weight excluding hydrogens is 237 g/mol. The molecular formula is C8H16IN. The first kappa shape index (κ1) is 8.78. The van der Waals surface area contributed by atoms with E-state index >= 15 is 0 Å². The van der Waals surface area contributed by atoms with Crippen molar-refractivity contribution in [3.05, 3.63) is 0 Å². The highest BCUT2D eigenvalue weighted by Gasteiger charge is 2.27. The van der Waals surface area contributed by atoms with Crippen molar-refractivity contribution < 1.29 is 0 Å². The molecule has 0 aliphatic heterocycles. The van der Waals surface area contributed by atoms with Gasteiger partial charge in [0.2, 0.25) is 0 Å². The predicted octanol–water partition coefficient (Wildman–Crippen LogP) is 2.18. The van der Waals surface area contributed by atoms with Gasteiger partial charge in [-0.05, 0) is 35.5 Å². The Morgan fingerprint density at radius 2 is 2.20 bits per heavy atom. The van der Waals surface area contributed by atoms with Crippen molar-refractivity contribution in [3.63, 3.8) is 0 Å². The highest BCUT2D eigenvalue weighted by molar-refractivity contribution is 14.1. The first-order valence-electron chi connectivity index (χ1n) is 4.05. The summed E-state index contributed by atoms with van der Waals surface area (Å²) in [7, 11) is 0. The quantitative estimate of drug-likeness (QED) is 0.592. The van der Waals surface area contributed by atoms with Crippen LogP contribution in [0.25, 0.3) is 0 Å². The number of hydrogen-bond acceptors (Lipinski definition) is 1. The fraction of sp³-hybridized carbons (Fsp3) is 1.00. The van der Waals surface area contributed by atoms with E-state index in [1.165, 1.54) is 23.7 Å². The van der Waals surface area contributed by atoms with E-state index in [2.05, 4.69) is 29.5 Å². The average molecular weight is 253 g/mol. The molecule has 1 saturated carbocycles. The zero-order chi connectivity index (χ0) is 7.56. The molecule has 0 aromatic heterocycles. The molecule has 1 rings (SSSR count). The molecule has 1 fully saturated rings. The summed E-state index contributed by atoms with van der Waals surface area (Å²) in [5.74, 6) is 1.70. The van der Waals surface area contributed by atoms with Crippen LogP contribution in [0.4, 0.5) is 0 Å². The van der Waals surface area contributed by atoms with Gasteiger partial charge < -0.3 is 5.73 Å². The number of alkyl halides is 1. The molecule has 0 radical (unpaired) electrons. The van der Waals surface area contributed by atoms with Crippen LogP contribution in [0.5, 0.6) is 0 Å². The largest absolute Gasteiger partial charge is 0.327 e. The lowest BCUT2D eigenvalue weighted by atomic mass is 10.0. The molecule has 3 unspecified atom stereocenters. The maximum Gasteiger partial charge on any atom is 0.00700 e. The van der Waals surface area contributed by atoms with Crippen LogP contribution in [-0.2, 0) is 0 Å². The van der Waals surface area contributed by atoms with Crippen LogP contribution < -0.4 is 5.73 Å². The summed E-state index contributed by atoms with van der Waals surface area (Å²) in [6, 6.07) is 0.504. The SMILES string of the molecule is CC1CC(N)C(CCI)C1. The molecule has 0 aromatic rings. The lowest BCUT2D eigenvalue weighted by molar-refractivity contribution is 0.466. The molecule has 0 amide bonds. The molecule has 2 heteroatoms. The van der Waals surface area contributed by atoms with Crippen molar-refractivity contribution in [1.29, 1.82) is 0 Å². The molecule has 0 spiro atoms. The lowest BCUT2D eigenvalue weighted by Crippen LogP contribution is -2.24. The Bertz CT molecular complexity index is 105. The van der Waals surface area contributed by atoms with Gasteiger partial charge in [-0.2, -0.15) is 0 Å². The van der Waals surface area contributed by atoms with Gasteiger partial charge in [0, 0.05) is 6.04 Å². The van der Waals surface area contributed by atoms with Crippen molar-refractivity contribution in [3.8, 4) is 0 Å². The maximum atomic E-state index is 5.95. The van der Waals surface area contributed by atoms with E-state index < -0.39 is 0 Å². The Labute approximate surface area is 76.9 Å². The Morgan fingerprint density at radius 3 is 2.60 bits per heavy atom. The molecule has 0 bridgehead atoms. The van der Waals surface area contributed by atoms with E-state index in [1.807, 2.05) is 0 Å². The highest BCUT2D eigenvalue weighted by Crippen LogP contribution is 2.31. The summed E-state index contributed by atoms with van der Waals surface area (Å²) in [6.45, 7) is 2.31. The molecule has 1 aliphatic rings. The first-order chi connectivity index (χ1) is 4.74.